The Kier molecular flexibility index (Phi) is 9.42. The number of aliphatic hydroxyl groups is 1. The molecule has 0 unspecified atom stereocenters. The van der Waals surface area contributed by atoms with Crippen LogP contribution in [0.2, 0.25) is 0 Å². The van der Waals surface area contributed by atoms with Gasteiger partial charge in [0.25, 0.3) is 5.69 Å². The fraction of sp³-hybridized carbons (Fsp3) is 0.200. The molecule has 0 fully saturated rings. The smallest absolute Gasteiger partial charge is 0.292 e. The van der Waals surface area contributed by atoms with E-state index in [4.69, 9.17) is 10.8 Å². The monoisotopic (exact) mass is 342 g/mol. The van der Waals surface area contributed by atoms with Crippen molar-refractivity contribution >= 4 is 22.7 Å². The van der Waals surface area contributed by atoms with Crippen LogP contribution >= 0.6 is 0 Å². The SMILES string of the molecule is CNc1cc(F)ccc1N.CNc1cc(F)ccc1[N+](=O)[O-].CO. The van der Waals surface area contributed by atoms with Crippen molar-refractivity contribution in [2.24, 2.45) is 0 Å². The lowest BCUT2D eigenvalue weighted by Gasteiger charge is -2.02. The molecular weight excluding hydrogens is 322 g/mol. The maximum Gasteiger partial charge on any atom is 0.292 e. The number of hydrogen-bond donors (Lipinski definition) is 4. The average Bonchev–Trinajstić information content (AvgIpc) is 2.59. The van der Waals surface area contributed by atoms with E-state index in [2.05, 4.69) is 10.6 Å². The van der Waals surface area contributed by atoms with Gasteiger partial charge in [-0.05, 0) is 24.3 Å². The number of halogens is 2. The van der Waals surface area contributed by atoms with Gasteiger partial charge in [0.15, 0.2) is 0 Å². The lowest BCUT2D eigenvalue weighted by Crippen LogP contribution is -1.96. The molecule has 0 radical (unpaired) electrons. The molecule has 0 aliphatic rings. The number of nitrogens with one attached hydrogen (secondary N) is 2. The molecule has 2 aromatic rings. The van der Waals surface area contributed by atoms with Gasteiger partial charge in [-0.15, -0.1) is 0 Å². The number of nitro groups is 1. The van der Waals surface area contributed by atoms with Gasteiger partial charge in [0.2, 0.25) is 0 Å². The molecule has 0 aliphatic carbocycles. The summed E-state index contributed by atoms with van der Waals surface area (Å²) in [6.45, 7) is 0. The number of benzene rings is 2. The van der Waals surface area contributed by atoms with E-state index in [9.17, 15) is 18.9 Å². The average molecular weight is 342 g/mol. The predicted molar refractivity (Wildman–Crippen MR) is 91.1 cm³/mol. The van der Waals surface area contributed by atoms with Crippen LogP contribution in [-0.2, 0) is 0 Å². The highest BCUT2D eigenvalue weighted by Gasteiger charge is 2.12. The summed E-state index contributed by atoms with van der Waals surface area (Å²) in [6, 6.07) is 7.48. The molecule has 0 heterocycles. The molecule has 132 valence electrons. The summed E-state index contributed by atoms with van der Waals surface area (Å²) in [4.78, 5) is 9.77. The Balaban J connectivity index is 0.000000405. The van der Waals surface area contributed by atoms with Gasteiger partial charge in [0.1, 0.15) is 17.3 Å². The molecule has 0 bridgehead atoms. The van der Waals surface area contributed by atoms with Gasteiger partial charge >= 0.3 is 0 Å². The van der Waals surface area contributed by atoms with Crippen LogP contribution in [0, 0.1) is 21.7 Å². The summed E-state index contributed by atoms with van der Waals surface area (Å²) in [5.74, 6) is -0.775. The van der Waals surface area contributed by atoms with Crippen LogP contribution in [0.3, 0.4) is 0 Å². The summed E-state index contributed by atoms with van der Waals surface area (Å²) in [5, 5.41) is 22.6. The normalized spacial score (nSPS) is 8.92. The number of rotatable bonds is 3. The number of nitrogens with two attached hydrogens (primary N) is 1. The van der Waals surface area contributed by atoms with Crippen LogP contribution in [-0.4, -0.2) is 31.2 Å². The Morgan fingerprint density at radius 3 is 1.88 bits per heavy atom. The van der Waals surface area contributed by atoms with Crippen LogP contribution in [0.15, 0.2) is 36.4 Å². The molecule has 0 amide bonds. The Morgan fingerprint density at radius 1 is 1.00 bits per heavy atom. The summed E-state index contributed by atoms with van der Waals surface area (Å²) in [5.41, 5.74) is 6.71. The molecule has 0 atom stereocenters. The summed E-state index contributed by atoms with van der Waals surface area (Å²) in [6.07, 6.45) is 0. The van der Waals surface area contributed by atoms with Crippen molar-refractivity contribution in [1.29, 1.82) is 0 Å². The Labute approximate surface area is 138 Å². The lowest BCUT2D eigenvalue weighted by atomic mass is 10.2. The second-order valence-corrected chi connectivity index (χ2v) is 4.15. The zero-order valence-corrected chi connectivity index (χ0v) is 13.5. The van der Waals surface area contributed by atoms with E-state index in [1.165, 1.54) is 25.2 Å². The maximum absolute atomic E-state index is 12.5. The number of anilines is 3. The third kappa shape index (κ3) is 6.44. The predicted octanol–water partition coefficient (Wildman–Crippen LogP) is 2.83. The number of nitrogen functional groups attached to an aromatic ring is 1. The third-order valence-electron chi connectivity index (χ3n) is 2.71. The van der Waals surface area contributed by atoms with Gasteiger partial charge in [0.05, 0.1) is 16.3 Å². The van der Waals surface area contributed by atoms with Crippen molar-refractivity contribution in [3.05, 3.63) is 58.1 Å². The molecule has 0 aliphatic heterocycles. The molecule has 0 saturated carbocycles. The molecular formula is C15H20F2N4O3. The first-order valence-electron chi connectivity index (χ1n) is 6.68. The molecule has 2 aromatic carbocycles. The molecule has 24 heavy (non-hydrogen) atoms. The third-order valence-corrected chi connectivity index (χ3v) is 2.71. The van der Waals surface area contributed by atoms with E-state index in [0.29, 0.717) is 11.4 Å². The van der Waals surface area contributed by atoms with E-state index in [-0.39, 0.29) is 17.2 Å². The summed E-state index contributed by atoms with van der Waals surface area (Å²) >= 11 is 0. The van der Waals surface area contributed by atoms with Crippen molar-refractivity contribution < 1.29 is 18.8 Å². The minimum absolute atomic E-state index is 0.126. The largest absolute Gasteiger partial charge is 0.400 e. The van der Waals surface area contributed by atoms with Crippen molar-refractivity contribution in [2.75, 3.05) is 37.6 Å². The fourth-order valence-electron chi connectivity index (χ4n) is 1.61. The van der Waals surface area contributed by atoms with E-state index in [1.54, 1.807) is 7.05 Å². The van der Waals surface area contributed by atoms with Crippen LogP contribution < -0.4 is 16.4 Å². The topological polar surface area (TPSA) is 113 Å². The molecule has 0 spiro atoms. The van der Waals surface area contributed by atoms with E-state index in [0.717, 1.165) is 25.3 Å². The van der Waals surface area contributed by atoms with Crippen LogP contribution in [0.25, 0.3) is 0 Å². The second-order valence-electron chi connectivity index (χ2n) is 4.15. The molecule has 0 aromatic heterocycles. The number of nitro benzene ring substituents is 1. The van der Waals surface area contributed by atoms with E-state index in [1.807, 2.05) is 0 Å². The Bertz CT molecular complexity index is 669. The Morgan fingerprint density at radius 2 is 1.46 bits per heavy atom. The second kappa shape index (κ2) is 10.7. The minimum atomic E-state index is -0.564. The first kappa shape index (κ1) is 21.1. The molecule has 0 saturated heterocycles. The molecule has 2 rings (SSSR count). The maximum atomic E-state index is 12.5. The van der Waals surface area contributed by atoms with Crippen molar-refractivity contribution in [2.45, 2.75) is 0 Å². The highest BCUT2D eigenvalue weighted by molar-refractivity contribution is 5.65. The van der Waals surface area contributed by atoms with Gasteiger partial charge in [-0.2, -0.15) is 0 Å². The van der Waals surface area contributed by atoms with Crippen molar-refractivity contribution in [3.8, 4) is 0 Å². The standard InChI is InChI=1S/C7H7FN2O2.C7H9FN2.CH4O/c1-9-6-4-5(8)2-3-7(6)10(11)12;1-10-7-4-5(8)2-3-6(7)9;1-2/h2-4,9H,1H3;2-4,10H,9H2,1H3;2H,1H3. The lowest BCUT2D eigenvalue weighted by molar-refractivity contribution is -0.384. The summed E-state index contributed by atoms with van der Waals surface area (Å²) < 4.78 is 25.0. The highest BCUT2D eigenvalue weighted by Crippen LogP contribution is 2.23. The van der Waals surface area contributed by atoms with Crippen molar-refractivity contribution in [3.63, 3.8) is 0 Å². The highest BCUT2D eigenvalue weighted by atomic mass is 19.1. The van der Waals surface area contributed by atoms with Gasteiger partial charge in [0, 0.05) is 33.3 Å². The minimum Gasteiger partial charge on any atom is -0.400 e. The van der Waals surface area contributed by atoms with Crippen LogP contribution in [0.5, 0.6) is 0 Å². The van der Waals surface area contributed by atoms with Crippen LogP contribution in [0.1, 0.15) is 0 Å². The number of aliphatic hydroxyl groups excluding tert-OH is 1. The van der Waals surface area contributed by atoms with Gasteiger partial charge in [-0.25, -0.2) is 8.78 Å². The first-order valence-corrected chi connectivity index (χ1v) is 6.68. The first-order chi connectivity index (χ1) is 11.4. The van der Waals surface area contributed by atoms with Gasteiger partial charge in [-0.1, -0.05) is 0 Å². The zero-order valence-electron chi connectivity index (χ0n) is 13.5. The Hall–Kier alpha value is -2.94. The molecule has 7 nitrogen and oxygen atoms in total. The zero-order chi connectivity index (χ0) is 18.7. The molecule has 5 N–H and O–H groups in total. The van der Waals surface area contributed by atoms with Gasteiger partial charge in [-0.3, -0.25) is 10.1 Å². The van der Waals surface area contributed by atoms with Gasteiger partial charge < -0.3 is 21.5 Å². The number of hydrogen-bond acceptors (Lipinski definition) is 6. The molecule has 9 heteroatoms. The fourth-order valence-corrected chi connectivity index (χ4v) is 1.61. The summed E-state index contributed by atoms with van der Waals surface area (Å²) in [7, 11) is 4.20. The van der Waals surface area contributed by atoms with E-state index >= 15 is 0 Å². The van der Waals surface area contributed by atoms with E-state index < -0.39 is 10.7 Å². The quantitative estimate of drug-likeness (QED) is 0.387. The van der Waals surface area contributed by atoms with Crippen molar-refractivity contribution in [1.82, 2.24) is 0 Å². The number of nitrogens with zero attached hydrogens (tertiary/aromatic N) is 1. The van der Waals surface area contributed by atoms with Crippen LogP contribution in [0.4, 0.5) is 31.5 Å².